The smallest absolute Gasteiger partial charge is 0.475 e. The average Bonchev–Trinajstić information content (AvgIpc) is 3.17. The molecule has 0 radical (unpaired) electrons. The fourth-order valence-corrected chi connectivity index (χ4v) is 3.33. The molecular weight excluding hydrogens is 499 g/mol. The number of alkyl halides is 3. The highest BCUT2D eigenvalue weighted by molar-refractivity contribution is 9.10. The van der Waals surface area contributed by atoms with E-state index in [1.54, 1.807) is 12.1 Å². The van der Waals surface area contributed by atoms with Crippen LogP contribution in [0.5, 0.6) is 0 Å². The number of rotatable bonds is 5. The maximum atomic E-state index is 12.1. The number of aliphatic carboxylic acids is 1. The van der Waals surface area contributed by atoms with E-state index in [0.29, 0.717) is 22.4 Å². The van der Waals surface area contributed by atoms with Gasteiger partial charge in [-0.2, -0.15) is 18.2 Å². The van der Waals surface area contributed by atoms with E-state index in [2.05, 4.69) is 41.8 Å². The lowest BCUT2D eigenvalue weighted by molar-refractivity contribution is -0.192. The number of hydrogen-bond acceptors (Lipinski definition) is 7. The van der Waals surface area contributed by atoms with Gasteiger partial charge in [-0.25, -0.2) is 9.78 Å². The van der Waals surface area contributed by atoms with Gasteiger partial charge in [-0.15, -0.1) is 0 Å². The first-order valence-corrected chi connectivity index (χ1v) is 10.4. The molecule has 0 aliphatic heterocycles. The van der Waals surface area contributed by atoms with Crippen molar-refractivity contribution in [3.63, 3.8) is 0 Å². The van der Waals surface area contributed by atoms with Gasteiger partial charge in [0, 0.05) is 30.9 Å². The Kier molecular flexibility index (Phi) is 8.87. The third-order valence-corrected chi connectivity index (χ3v) is 5.07. The number of carbonyl (C=O) groups is 2. The Labute approximate surface area is 190 Å². The molecule has 2 aromatic heterocycles. The molecule has 32 heavy (non-hydrogen) atoms. The zero-order valence-electron chi connectivity index (χ0n) is 17.3. The first kappa shape index (κ1) is 25.4. The first-order valence-electron chi connectivity index (χ1n) is 9.63. The van der Waals surface area contributed by atoms with Crippen molar-refractivity contribution in [3.05, 3.63) is 34.3 Å². The van der Waals surface area contributed by atoms with Crippen LogP contribution in [0.25, 0.3) is 0 Å². The van der Waals surface area contributed by atoms with Crippen molar-refractivity contribution in [1.29, 1.82) is 0 Å². The normalized spacial score (nSPS) is 18.2. The van der Waals surface area contributed by atoms with Crippen molar-refractivity contribution in [1.82, 2.24) is 15.3 Å². The highest BCUT2D eigenvalue weighted by Gasteiger charge is 2.38. The SMILES string of the molecule is CNc1nc(NC2CCC(NC(=O)c3ccc(Br)o3)CC2)ncc1C.O=C(O)C(F)(F)F. The summed E-state index contributed by atoms with van der Waals surface area (Å²) < 4.78 is 37.6. The summed E-state index contributed by atoms with van der Waals surface area (Å²) in [5, 5.41) is 16.6. The summed E-state index contributed by atoms with van der Waals surface area (Å²) in [7, 11) is 1.85. The minimum absolute atomic E-state index is 0.164. The number of nitrogens with one attached hydrogen (secondary N) is 3. The lowest BCUT2D eigenvalue weighted by atomic mass is 9.91. The molecule has 0 aromatic carbocycles. The van der Waals surface area contributed by atoms with Crippen molar-refractivity contribution < 1.29 is 32.3 Å². The summed E-state index contributed by atoms with van der Waals surface area (Å²) >= 11 is 3.21. The highest BCUT2D eigenvalue weighted by Crippen LogP contribution is 2.23. The van der Waals surface area contributed by atoms with Crippen molar-refractivity contribution in [2.24, 2.45) is 0 Å². The maximum absolute atomic E-state index is 12.1. The lowest BCUT2D eigenvalue weighted by Crippen LogP contribution is -2.40. The van der Waals surface area contributed by atoms with E-state index in [4.69, 9.17) is 14.3 Å². The molecule has 0 unspecified atom stereocenters. The second-order valence-electron chi connectivity index (χ2n) is 7.05. The summed E-state index contributed by atoms with van der Waals surface area (Å²) in [6.45, 7) is 1.97. The predicted octanol–water partition coefficient (Wildman–Crippen LogP) is 3.97. The molecule has 176 valence electrons. The Balaban J connectivity index is 0.000000451. The van der Waals surface area contributed by atoms with Crippen LogP contribution in [0.15, 0.2) is 27.4 Å². The largest absolute Gasteiger partial charge is 0.490 e. The van der Waals surface area contributed by atoms with Crippen LogP contribution in [0.1, 0.15) is 41.8 Å². The molecule has 0 spiro atoms. The van der Waals surface area contributed by atoms with Gasteiger partial charge in [-0.05, 0) is 60.7 Å². The number of amides is 1. The molecule has 13 heteroatoms. The Morgan fingerprint density at radius 3 is 2.28 bits per heavy atom. The van der Waals surface area contributed by atoms with E-state index in [1.807, 2.05) is 20.2 Å². The zero-order valence-corrected chi connectivity index (χ0v) is 18.9. The Hall–Kier alpha value is -2.83. The maximum Gasteiger partial charge on any atom is 0.490 e. The molecule has 1 aliphatic carbocycles. The third kappa shape index (κ3) is 7.70. The van der Waals surface area contributed by atoms with Crippen LogP contribution in [0.3, 0.4) is 0 Å². The zero-order chi connectivity index (χ0) is 23.9. The molecule has 1 fully saturated rings. The summed E-state index contributed by atoms with van der Waals surface area (Å²) in [4.78, 5) is 29.8. The van der Waals surface area contributed by atoms with E-state index < -0.39 is 12.1 Å². The first-order chi connectivity index (χ1) is 15.0. The highest BCUT2D eigenvalue weighted by atomic mass is 79.9. The second kappa shape index (κ2) is 11.2. The number of carbonyl (C=O) groups excluding carboxylic acids is 1. The molecule has 1 amide bonds. The Morgan fingerprint density at radius 1 is 1.19 bits per heavy atom. The summed E-state index contributed by atoms with van der Waals surface area (Å²) in [5.41, 5.74) is 1.02. The van der Waals surface area contributed by atoms with E-state index in [-0.39, 0.29) is 11.9 Å². The van der Waals surface area contributed by atoms with Crippen LogP contribution in [-0.4, -0.2) is 52.3 Å². The number of carboxylic acid groups (broad SMARTS) is 1. The molecule has 0 saturated heterocycles. The van der Waals surface area contributed by atoms with Gasteiger partial charge in [0.15, 0.2) is 10.4 Å². The molecule has 0 bridgehead atoms. The van der Waals surface area contributed by atoms with Crippen molar-refractivity contribution >= 4 is 39.6 Å². The van der Waals surface area contributed by atoms with Gasteiger partial charge in [0.05, 0.1) is 0 Å². The number of furan rings is 1. The predicted molar refractivity (Wildman–Crippen MR) is 114 cm³/mol. The molecule has 1 aliphatic rings. The van der Waals surface area contributed by atoms with Crippen LogP contribution >= 0.6 is 15.9 Å². The van der Waals surface area contributed by atoms with Crippen molar-refractivity contribution in [3.8, 4) is 0 Å². The van der Waals surface area contributed by atoms with E-state index in [1.165, 1.54) is 0 Å². The lowest BCUT2D eigenvalue weighted by Gasteiger charge is -2.29. The van der Waals surface area contributed by atoms with Crippen molar-refractivity contribution in [2.75, 3.05) is 17.7 Å². The van der Waals surface area contributed by atoms with Crippen LogP contribution in [0, 0.1) is 6.92 Å². The number of nitrogens with zero attached hydrogens (tertiary/aromatic N) is 2. The molecule has 2 heterocycles. The number of anilines is 2. The van der Waals surface area contributed by atoms with Gasteiger partial charge in [-0.3, -0.25) is 4.79 Å². The minimum atomic E-state index is -5.08. The van der Waals surface area contributed by atoms with E-state index >= 15 is 0 Å². The summed E-state index contributed by atoms with van der Waals surface area (Å²) in [6.07, 6.45) is 0.471. The summed E-state index contributed by atoms with van der Waals surface area (Å²) in [6, 6.07) is 3.87. The van der Waals surface area contributed by atoms with Gasteiger partial charge in [0.2, 0.25) is 5.95 Å². The standard InChI is InChI=1S/C17H22BrN5O2.C2HF3O2/c1-10-9-20-17(23-15(10)19-2)22-12-5-3-11(4-6-12)21-16(24)13-7-8-14(18)25-13;3-2(4,5)1(6)7/h7-9,11-12H,3-6H2,1-2H3,(H,21,24)(H2,19,20,22,23);(H,6,7). The topological polar surface area (TPSA) is 129 Å². The van der Waals surface area contributed by atoms with Gasteiger partial charge < -0.3 is 25.5 Å². The van der Waals surface area contributed by atoms with E-state index in [9.17, 15) is 18.0 Å². The van der Waals surface area contributed by atoms with E-state index in [0.717, 1.165) is 37.1 Å². The fraction of sp³-hybridized carbons (Fsp3) is 0.474. The van der Waals surface area contributed by atoms with Gasteiger partial charge in [0.1, 0.15) is 5.82 Å². The fourth-order valence-electron chi connectivity index (χ4n) is 3.02. The molecule has 9 nitrogen and oxygen atoms in total. The third-order valence-electron chi connectivity index (χ3n) is 4.64. The van der Waals surface area contributed by atoms with Crippen LogP contribution in [0.2, 0.25) is 0 Å². The number of aryl methyl sites for hydroxylation is 1. The van der Waals surface area contributed by atoms with Gasteiger partial charge in [-0.1, -0.05) is 0 Å². The van der Waals surface area contributed by atoms with Gasteiger partial charge in [0.25, 0.3) is 5.91 Å². The van der Waals surface area contributed by atoms with Crippen LogP contribution < -0.4 is 16.0 Å². The number of halogens is 4. The number of hydrogen-bond donors (Lipinski definition) is 4. The minimum Gasteiger partial charge on any atom is -0.475 e. The van der Waals surface area contributed by atoms with Crippen LogP contribution in [0.4, 0.5) is 24.9 Å². The van der Waals surface area contributed by atoms with Crippen LogP contribution in [-0.2, 0) is 4.79 Å². The Bertz CT molecular complexity index is 930. The quantitative estimate of drug-likeness (QED) is 0.465. The molecule has 0 atom stereocenters. The molecular formula is C19H23BrF3N5O4. The van der Waals surface area contributed by atoms with Gasteiger partial charge >= 0.3 is 12.1 Å². The molecule has 1 saturated carbocycles. The molecule has 4 N–H and O–H groups in total. The van der Waals surface area contributed by atoms with Crippen molar-refractivity contribution in [2.45, 2.75) is 50.9 Å². The monoisotopic (exact) mass is 521 g/mol. The molecule has 2 aromatic rings. The number of carboxylic acids is 1. The molecule has 3 rings (SSSR count). The second-order valence-corrected chi connectivity index (χ2v) is 7.83. The summed E-state index contributed by atoms with van der Waals surface area (Å²) in [5.74, 6) is -1.11. The average molecular weight is 522 g/mol. The Morgan fingerprint density at radius 2 is 1.78 bits per heavy atom. The number of aromatic nitrogens is 2.